The Morgan fingerprint density at radius 3 is 2.94 bits per heavy atom. The van der Waals surface area contributed by atoms with E-state index in [-0.39, 0.29) is 18.1 Å². The van der Waals surface area contributed by atoms with Gasteiger partial charge in [-0.05, 0) is 12.8 Å². The number of aliphatic hydroxyl groups excluding tert-OH is 1. The maximum Gasteiger partial charge on any atom is 0.221 e. The van der Waals surface area contributed by atoms with Crippen LogP contribution in [0.2, 0.25) is 0 Å². The molecule has 3 atom stereocenters. The summed E-state index contributed by atoms with van der Waals surface area (Å²) in [5, 5.41) is 16.4. The number of thioether (sulfide) groups is 1. The molecule has 0 radical (unpaired) electrons. The molecule has 4 nitrogen and oxygen atoms in total. The van der Waals surface area contributed by atoms with Crippen molar-refractivity contribution in [1.82, 2.24) is 10.6 Å². The van der Waals surface area contributed by atoms with Gasteiger partial charge in [0.2, 0.25) is 5.91 Å². The molecule has 1 heterocycles. The van der Waals surface area contributed by atoms with Crippen molar-refractivity contribution in [2.45, 2.75) is 56.7 Å². The van der Waals surface area contributed by atoms with Crippen LogP contribution in [0.5, 0.6) is 0 Å². The smallest absolute Gasteiger partial charge is 0.221 e. The average Bonchev–Trinajstić information content (AvgIpc) is 2.56. The van der Waals surface area contributed by atoms with Crippen LogP contribution in [0.25, 0.3) is 0 Å². The van der Waals surface area contributed by atoms with E-state index >= 15 is 0 Å². The molecule has 1 saturated heterocycles. The van der Waals surface area contributed by atoms with Crippen molar-refractivity contribution in [1.29, 1.82) is 0 Å². The van der Waals surface area contributed by atoms with Gasteiger partial charge in [-0.15, -0.1) is 0 Å². The van der Waals surface area contributed by atoms with E-state index in [1.807, 2.05) is 11.8 Å². The first kappa shape index (κ1) is 14.2. The van der Waals surface area contributed by atoms with E-state index in [0.29, 0.717) is 12.5 Å². The van der Waals surface area contributed by atoms with Crippen LogP contribution in [0.4, 0.5) is 0 Å². The average molecular weight is 272 g/mol. The molecule has 0 aromatic rings. The van der Waals surface area contributed by atoms with E-state index in [9.17, 15) is 9.90 Å². The highest BCUT2D eigenvalue weighted by Gasteiger charge is 2.24. The summed E-state index contributed by atoms with van der Waals surface area (Å²) in [5.41, 5.74) is 0. The van der Waals surface area contributed by atoms with Gasteiger partial charge in [0.05, 0.1) is 12.1 Å². The quantitative estimate of drug-likeness (QED) is 0.668. The van der Waals surface area contributed by atoms with Gasteiger partial charge >= 0.3 is 0 Å². The fraction of sp³-hybridized carbons (Fsp3) is 0.923. The zero-order valence-corrected chi connectivity index (χ0v) is 11.7. The van der Waals surface area contributed by atoms with Gasteiger partial charge in [-0.3, -0.25) is 4.79 Å². The molecule has 1 saturated carbocycles. The summed E-state index contributed by atoms with van der Waals surface area (Å²) in [6.45, 7) is 0.995. The molecule has 0 aromatic heterocycles. The number of carbonyl (C=O) groups excluding carboxylic acids is 1. The Bertz CT molecular complexity index is 270. The molecule has 104 valence electrons. The molecule has 0 bridgehead atoms. The Kier molecular flexibility index (Phi) is 5.79. The first-order valence-corrected chi connectivity index (χ1v) is 8.20. The molecule has 5 heteroatoms. The minimum Gasteiger partial charge on any atom is -0.391 e. The minimum atomic E-state index is -0.356. The van der Waals surface area contributed by atoms with Crippen LogP contribution < -0.4 is 10.6 Å². The lowest BCUT2D eigenvalue weighted by Crippen LogP contribution is -2.46. The molecule has 2 aliphatic rings. The number of hydrogen-bond acceptors (Lipinski definition) is 4. The zero-order chi connectivity index (χ0) is 12.8. The lowest BCUT2D eigenvalue weighted by molar-refractivity contribution is -0.123. The normalized spacial score (nSPS) is 33.7. The zero-order valence-electron chi connectivity index (χ0n) is 10.9. The van der Waals surface area contributed by atoms with Crippen LogP contribution in [0.1, 0.15) is 38.5 Å². The topological polar surface area (TPSA) is 61.4 Å². The fourth-order valence-corrected chi connectivity index (χ4v) is 3.65. The van der Waals surface area contributed by atoms with Crippen LogP contribution in [0.3, 0.4) is 0 Å². The second kappa shape index (κ2) is 7.36. The van der Waals surface area contributed by atoms with Crippen molar-refractivity contribution in [3.8, 4) is 0 Å². The van der Waals surface area contributed by atoms with E-state index in [2.05, 4.69) is 10.6 Å². The lowest BCUT2D eigenvalue weighted by atomic mass is 10.1. The number of rotatable bonds is 3. The van der Waals surface area contributed by atoms with E-state index < -0.39 is 0 Å². The van der Waals surface area contributed by atoms with Gasteiger partial charge in [0.25, 0.3) is 0 Å². The summed E-state index contributed by atoms with van der Waals surface area (Å²) in [4.78, 5) is 12.0. The summed E-state index contributed by atoms with van der Waals surface area (Å²) >= 11 is 1.90. The summed E-state index contributed by atoms with van der Waals surface area (Å²) in [6.07, 6.45) is 5.28. The molecule has 2 fully saturated rings. The second-order valence-electron chi connectivity index (χ2n) is 5.31. The van der Waals surface area contributed by atoms with Crippen LogP contribution in [0.15, 0.2) is 0 Å². The standard InChI is InChI=1S/C13H24N2O2S/c16-12-5-3-1-2-4-11(12)15-13(17)8-10-9-18-7-6-14-10/h10-12,14,16H,1-9H2,(H,15,17). The molecular formula is C13H24N2O2S. The van der Waals surface area contributed by atoms with E-state index in [4.69, 9.17) is 0 Å². The molecule has 1 amide bonds. The maximum atomic E-state index is 12.0. The van der Waals surface area contributed by atoms with Gasteiger partial charge in [-0.2, -0.15) is 11.8 Å². The van der Waals surface area contributed by atoms with Crippen LogP contribution in [0, 0.1) is 0 Å². The van der Waals surface area contributed by atoms with Gasteiger partial charge in [0.1, 0.15) is 0 Å². The first-order valence-electron chi connectivity index (χ1n) is 7.04. The first-order chi connectivity index (χ1) is 8.75. The largest absolute Gasteiger partial charge is 0.391 e. The van der Waals surface area contributed by atoms with Gasteiger partial charge in [-0.1, -0.05) is 19.3 Å². The lowest BCUT2D eigenvalue weighted by Gasteiger charge is -2.25. The second-order valence-corrected chi connectivity index (χ2v) is 6.46. The van der Waals surface area contributed by atoms with Crippen molar-refractivity contribution in [2.75, 3.05) is 18.1 Å². The third kappa shape index (κ3) is 4.44. The molecular weight excluding hydrogens is 248 g/mol. The van der Waals surface area contributed by atoms with Crippen molar-refractivity contribution < 1.29 is 9.90 Å². The SMILES string of the molecule is O=C(CC1CSCCN1)NC1CCCCCC1O. The Labute approximate surface area is 113 Å². The maximum absolute atomic E-state index is 12.0. The van der Waals surface area contributed by atoms with Crippen molar-refractivity contribution >= 4 is 17.7 Å². The Balaban J connectivity index is 1.74. The monoisotopic (exact) mass is 272 g/mol. The molecule has 1 aliphatic carbocycles. The van der Waals surface area contributed by atoms with Gasteiger partial charge < -0.3 is 15.7 Å². The predicted octanol–water partition coefficient (Wildman–Crippen LogP) is 0.891. The Morgan fingerprint density at radius 1 is 1.33 bits per heavy atom. The van der Waals surface area contributed by atoms with Gasteiger partial charge in [0.15, 0.2) is 0 Å². The van der Waals surface area contributed by atoms with E-state index in [0.717, 1.165) is 43.7 Å². The fourth-order valence-electron chi connectivity index (χ4n) is 2.70. The molecule has 2 rings (SSSR count). The van der Waals surface area contributed by atoms with E-state index in [1.54, 1.807) is 0 Å². The van der Waals surface area contributed by atoms with Gasteiger partial charge in [-0.25, -0.2) is 0 Å². The predicted molar refractivity (Wildman–Crippen MR) is 74.8 cm³/mol. The summed E-state index contributed by atoms with van der Waals surface area (Å²) in [5.74, 6) is 2.24. The Hall–Kier alpha value is -0.260. The third-order valence-corrected chi connectivity index (χ3v) is 4.89. The minimum absolute atomic E-state index is 0.0313. The number of nitrogens with one attached hydrogen (secondary N) is 2. The molecule has 0 spiro atoms. The highest BCUT2D eigenvalue weighted by atomic mass is 32.2. The third-order valence-electron chi connectivity index (χ3n) is 3.76. The Morgan fingerprint density at radius 2 is 2.17 bits per heavy atom. The van der Waals surface area contributed by atoms with E-state index in [1.165, 1.54) is 6.42 Å². The molecule has 0 aromatic carbocycles. The molecule has 3 unspecified atom stereocenters. The molecule has 1 aliphatic heterocycles. The van der Waals surface area contributed by atoms with Crippen molar-refractivity contribution in [3.63, 3.8) is 0 Å². The summed E-state index contributed by atoms with van der Waals surface area (Å²) in [7, 11) is 0. The molecule has 18 heavy (non-hydrogen) atoms. The number of hydrogen-bond donors (Lipinski definition) is 3. The molecule has 3 N–H and O–H groups in total. The van der Waals surface area contributed by atoms with Crippen LogP contribution in [-0.4, -0.2) is 47.3 Å². The highest BCUT2D eigenvalue weighted by molar-refractivity contribution is 7.99. The summed E-state index contributed by atoms with van der Waals surface area (Å²) in [6, 6.07) is 0.267. The van der Waals surface area contributed by atoms with Crippen LogP contribution >= 0.6 is 11.8 Å². The summed E-state index contributed by atoms with van der Waals surface area (Å²) < 4.78 is 0. The van der Waals surface area contributed by atoms with Crippen molar-refractivity contribution in [3.05, 3.63) is 0 Å². The van der Waals surface area contributed by atoms with Gasteiger partial charge in [0, 0.05) is 30.5 Å². The highest BCUT2D eigenvalue weighted by Crippen LogP contribution is 2.18. The number of amides is 1. The number of carbonyl (C=O) groups is 1. The number of aliphatic hydroxyl groups is 1. The van der Waals surface area contributed by atoms with Crippen LogP contribution in [-0.2, 0) is 4.79 Å². The van der Waals surface area contributed by atoms with Crippen molar-refractivity contribution in [2.24, 2.45) is 0 Å².